The molecule has 0 bridgehead atoms. The zero-order chi connectivity index (χ0) is 9.84. The van der Waals surface area contributed by atoms with Gasteiger partial charge in [-0.3, -0.25) is 4.21 Å². The van der Waals surface area contributed by atoms with Crippen molar-refractivity contribution in [2.75, 3.05) is 12.0 Å². The molecule has 0 aliphatic carbocycles. The van der Waals surface area contributed by atoms with E-state index in [0.717, 1.165) is 29.2 Å². The summed E-state index contributed by atoms with van der Waals surface area (Å²) >= 11 is 5.08. The molecule has 0 aliphatic heterocycles. The second kappa shape index (κ2) is 4.72. The molecule has 5 heteroatoms. The molecule has 74 valence electrons. The fraction of sp³-hybridized carbons (Fsp3) is 0.625. The molecule has 0 amide bonds. The second-order valence-electron chi connectivity index (χ2n) is 3.02. The van der Waals surface area contributed by atoms with E-state index in [-0.39, 0.29) is 0 Å². The van der Waals surface area contributed by atoms with Gasteiger partial charge in [0.05, 0.1) is 0 Å². The first-order chi connectivity index (χ1) is 6.11. The van der Waals surface area contributed by atoms with Gasteiger partial charge in [0.15, 0.2) is 4.77 Å². The molecule has 1 N–H and O–H groups in total. The summed E-state index contributed by atoms with van der Waals surface area (Å²) in [6, 6.07) is 0. The van der Waals surface area contributed by atoms with Crippen molar-refractivity contribution in [1.82, 2.24) is 9.55 Å². The first kappa shape index (κ1) is 10.7. The summed E-state index contributed by atoms with van der Waals surface area (Å²) in [7, 11) is -0.698. The Morgan fingerprint density at radius 3 is 2.85 bits per heavy atom. The Labute approximate surface area is 85.6 Å². The van der Waals surface area contributed by atoms with Crippen molar-refractivity contribution in [3.8, 4) is 0 Å². The Hall–Kier alpha value is -0.420. The van der Waals surface area contributed by atoms with Gasteiger partial charge >= 0.3 is 0 Å². The molecule has 1 aromatic rings. The van der Waals surface area contributed by atoms with Crippen LogP contribution >= 0.6 is 12.2 Å². The van der Waals surface area contributed by atoms with E-state index >= 15 is 0 Å². The highest BCUT2D eigenvalue weighted by Gasteiger charge is 1.99. The van der Waals surface area contributed by atoms with E-state index in [2.05, 4.69) is 4.98 Å². The third kappa shape index (κ3) is 3.08. The van der Waals surface area contributed by atoms with Crippen LogP contribution in [0.3, 0.4) is 0 Å². The summed E-state index contributed by atoms with van der Waals surface area (Å²) in [6.07, 6.45) is 4.53. The van der Waals surface area contributed by atoms with Crippen molar-refractivity contribution in [3.63, 3.8) is 0 Å². The van der Waals surface area contributed by atoms with Crippen LogP contribution in [0.2, 0.25) is 0 Å². The van der Waals surface area contributed by atoms with Gasteiger partial charge in [0.1, 0.15) is 0 Å². The van der Waals surface area contributed by atoms with Crippen LogP contribution in [0.15, 0.2) is 6.20 Å². The fourth-order valence-corrected chi connectivity index (χ4v) is 2.02. The SMILES string of the molecule is Cc1c[nH]c(=S)n1CCCS(C)=O. The molecule has 1 atom stereocenters. The zero-order valence-corrected chi connectivity index (χ0v) is 9.50. The summed E-state index contributed by atoms with van der Waals surface area (Å²) < 4.78 is 13.6. The third-order valence-corrected chi connectivity index (χ3v) is 3.09. The quantitative estimate of drug-likeness (QED) is 0.780. The number of nitrogens with zero attached hydrogens (tertiary/aromatic N) is 1. The lowest BCUT2D eigenvalue weighted by Crippen LogP contribution is -2.04. The van der Waals surface area contributed by atoms with Gasteiger partial charge < -0.3 is 9.55 Å². The first-order valence-electron chi connectivity index (χ1n) is 4.16. The Morgan fingerprint density at radius 1 is 1.69 bits per heavy atom. The lowest BCUT2D eigenvalue weighted by Gasteiger charge is -2.03. The molecule has 1 unspecified atom stereocenters. The minimum Gasteiger partial charge on any atom is -0.337 e. The molecule has 3 nitrogen and oxygen atoms in total. The highest BCUT2D eigenvalue weighted by molar-refractivity contribution is 7.84. The van der Waals surface area contributed by atoms with Gasteiger partial charge in [-0.2, -0.15) is 0 Å². The molecule has 1 aromatic heterocycles. The second-order valence-corrected chi connectivity index (χ2v) is 4.96. The Morgan fingerprint density at radius 2 is 2.38 bits per heavy atom. The van der Waals surface area contributed by atoms with Gasteiger partial charge in [-0.1, -0.05) is 0 Å². The third-order valence-electron chi connectivity index (χ3n) is 1.89. The largest absolute Gasteiger partial charge is 0.337 e. The Kier molecular flexibility index (Phi) is 3.87. The van der Waals surface area contributed by atoms with Crippen molar-refractivity contribution in [2.45, 2.75) is 19.9 Å². The number of aromatic nitrogens is 2. The van der Waals surface area contributed by atoms with Crippen LogP contribution < -0.4 is 0 Å². The van der Waals surface area contributed by atoms with Crippen LogP contribution in [0.25, 0.3) is 0 Å². The molecule has 13 heavy (non-hydrogen) atoms. The van der Waals surface area contributed by atoms with Crippen LogP contribution in [0.1, 0.15) is 12.1 Å². The van der Waals surface area contributed by atoms with E-state index in [0.29, 0.717) is 0 Å². The van der Waals surface area contributed by atoms with Gasteiger partial charge in [-0.15, -0.1) is 0 Å². The van der Waals surface area contributed by atoms with Gasteiger partial charge in [0.2, 0.25) is 0 Å². The van der Waals surface area contributed by atoms with Crippen LogP contribution in [0.4, 0.5) is 0 Å². The summed E-state index contributed by atoms with van der Waals surface area (Å²) in [5, 5.41) is 0. The number of imidazole rings is 1. The van der Waals surface area contributed by atoms with Crippen LogP contribution in [0, 0.1) is 11.7 Å². The number of hydrogen-bond acceptors (Lipinski definition) is 2. The molecule has 0 spiro atoms. The number of nitrogens with one attached hydrogen (secondary N) is 1. The van der Waals surface area contributed by atoms with Crippen LogP contribution in [0.5, 0.6) is 0 Å². The topological polar surface area (TPSA) is 37.8 Å². The number of aryl methyl sites for hydroxylation is 1. The van der Waals surface area contributed by atoms with Gasteiger partial charge in [-0.25, -0.2) is 0 Å². The predicted molar refractivity (Wildman–Crippen MR) is 57.9 cm³/mol. The molecule has 0 saturated carbocycles. The molecule has 0 fully saturated rings. The monoisotopic (exact) mass is 218 g/mol. The summed E-state index contributed by atoms with van der Waals surface area (Å²) in [4.78, 5) is 2.98. The minimum atomic E-state index is -0.698. The standard InChI is InChI=1S/C8H14N2OS2/c1-7-6-9-8(12)10(7)4-3-5-13(2)11/h6H,3-5H2,1-2H3,(H,9,12). The maximum atomic E-state index is 10.8. The molecule has 0 aromatic carbocycles. The maximum Gasteiger partial charge on any atom is 0.177 e. The van der Waals surface area contributed by atoms with Crippen LogP contribution in [-0.4, -0.2) is 25.8 Å². The highest BCUT2D eigenvalue weighted by Crippen LogP contribution is 2.01. The summed E-state index contributed by atoms with van der Waals surface area (Å²) in [6.45, 7) is 2.86. The number of hydrogen-bond donors (Lipinski definition) is 1. The molecule has 0 saturated heterocycles. The maximum absolute atomic E-state index is 10.8. The molecule has 0 aliphatic rings. The van der Waals surface area contributed by atoms with E-state index in [9.17, 15) is 4.21 Å². The molecular weight excluding hydrogens is 204 g/mol. The molecular formula is C8H14N2OS2. The predicted octanol–water partition coefficient (Wildman–Crippen LogP) is 1.62. The fourth-order valence-electron chi connectivity index (χ4n) is 1.19. The van der Waals surface area contributed by atoms with Crippen molar-refractivity contribution in [1.29, 1.82) is 0 Å². The van der Waals surface area contributed by atoms with Crippen LogP contribution in [-0.2, 0) is 17.3 Å². The zero-order valence-electron chi connectivity index (χ0n) is 7.87. The smallest absolute Gasteiger partial charge is 0.177 e. The normalized spacial score (nSPS) is 13.1. The highest BCUT2D eigenvalue weighted by atomic mass is 32.2. The Bertz CT molecular complexity index is 353. The lowest BCUT2D eigenvalue weighted by molar-refractivity contribution is 0.645. The van der Waals surface area contributed by atoms with Gasteiger partial charge in [0.25, 0.3) is 0 Å². The van der Waals surface area contributed by atoms with E-state index < -0.39 is 10.8 Å². The summed E-state index contributed by atoms with van der Waals surface area (Å²) in [5.74, 6) is 0.742. The van der Waals surface area contributed by atoms with Gasteiger partial charge in [0, 0.05) is 41.2 Å². The lowest BCUT2D eigenvalue weighted by atomic mass is 10.4. The Balaban J connectivity index is 2.54. The van der Waals surface area contributed by atoms with E-state index in [1.54, 1.807) is 6.26 Å². The van der Waals surface area contributed by atoms with E-state index in [4.69, 9.17) is 12.2 Å². The number of aromatic amines is 1. The van der Waals surface area contributed by atoms with Crippen molar-refractivity contribution < 1.29 is 4.21 Å². The molecule has 1 heterocycles. The average Bonchev–Trinajstić information content (AvgIpc) is 2.34. The van der Waals surface area contributed by atoms with E-state index in [1.807, 2.05) is 17.7 Å². The van der Waals surface area contributed by atoms with Crippen molar-refractivity contribution >= 4 is 23.0 Å². The number of H-pyrrole nitrogens is 1. The van der Waals surface area contributed by atoms with Crippen molar-refractivity contribution in [3.05, 3.63) is 16.7 Å². The number of rotatable bonds is 4. The molecule has 1 rings (SSSR count). The van der Waals surface area contributed by atoms with Crippen molar-refractivity contribution in [2.24, 2.45) is 0 Å². The first-order valence-corrected chi connectivity index (χ1v) is 6.29. The summed E-state index contributed by atoms with van der Waals surface area (Å²) in [5.41, 5.74) is 1.13. The molecule has 0 radical (unpaired) electrons. The van der Waals surface area contributed by atoms with E-state index in [1.165, 1.54) is 0 Å². The van der Waals surface area contributed by atoms with Gasteiger partial charge in [-0.05, 0) is 25.6 Å². The average molecular weight is 218 g/mol. The minimum absolute atomic E-state index is 0.698.